The fourth-order valence-electron chi connectivity index (χ4n) is 4.65. The van der Waals surface area contributed by atoms with Gasteiger partial charge in [-0.1, -0.05) is 24.6 Å². The summed E-state index contributed by atoms with van der Waals surface area (Å²) >= 11 is 0. The highest BCUT2D eigenvalue weighted by Gasteiger charge is 2.26. The predicted molar refractivity (Wildman–Crippen MR) is 135 cm³/mol. The van der Waals surface area contributed by atoms with Gasteiger partial charge in [0.25, 0.3) is 5.56 Å². The van der Waals surface area contributed by atoms with Crippen LogP contribution in [0.3, 0.4) is 0 Å². The third-order valence-corrected chi connectivity index (χ3v) is 6.60. The number of likely N-dealkylation sites (tertiary alicyclic amines) is 1. The summed E-state index contributed by atoms with van der Waals surface area (Å²) in [5, 5.41) is 13.6. The van der Waals surface area contributed by atoms with E-state index in [0.29, 0.717) is 42.9 Å². The number of aromatic hydroxyl groups is 1. The largest absolute Gasteiger partial charge is 0.497 e. The minimum Gasteiger partial charge on any atom is -0.497 e. The highest BCUT2D eigenvalue weighted by Crippen LogP contribution is 2.32. The Morgan fingerprint density at radius 3 is 2.72 bits per heavy atom. The lowest BCUT2D eigenvalue weighted by atomic mass is 9.89. The minimum absolute atomic E-state index is 0.0433. The van der Waals surface area contributed by atoms with Gasteiger partial charge in [0, 0.05) is 44.6 Å². The number of amides is 2. The summed E-state index contributed by atoms with van der Waals surface area (Å²) in [5.41, 5.74) is 0.650. The maximum Gasteiger partial charge on any atom is 0.265 e. The highest BCUT2D eigenvalue weighted by molar-refractivity contribution is 5.78. The molecule has 2 amide bonds. The topological polar surface area (TPSA) is 113 Å². The highest BCUT2D eigenvalue weighted by atomic mass is 16.5. The first-order valence-electron chi connectivity index (χ1n) is 12.4. The number of nitrogens with zero attached hydrogens (tertiary/aromatic N) is 3. The number of benzene rings is 1. The molecule has 1 fully saturated rings. The first-order chi connectivity index (χ1) is 17.5. The molecule has 0 spiro atoms. The summed E-state index contributed by atoms with van der Waals surface area (Å²) in [6.45, 7) is 1.79. The van der Waals surface area contributed by atoms with Crippen LogP contribution in [-0.2, 0) is 9.59 Å². The van der Waals surface area contributed by atoms with Crippen LogP contribution in [0.25, 0.3) is 5.65 Å². The van der Waals surface area contributed by atoms with Crippen LogP contribution in [-0.4, -0.2) is 57.9 Å². The molecule has 9 heteroatoms. The monoisotopic (exact) mass is 492 g/mol. The molecule has 9 nitrogen and oxygen atoms in total. The summed E-state index contributed by atoms with van der Waals surface area (Å²) in [4.78, 5) is 44.5. The number of hydrogen-bond donors (Lipinski definition) is 2. The van der Waals surface area contributed by atoms with Gasteiger partial charge in [0.05, 0.1) is 12.7 Å². The second-order valence-electron chi connectivity index (χ2n) is 9.01. The van der Waals surface area contributed by atoms with Crippen LogP contribution in [0.1, 0.15) is 55.6 Å². The zero-order valence-electron chi connectivity index (χ0n) is 20.5. The second-order valence-corrected chi connectivity index (χ2v) is 9.01. The van der Waals surface area contributed by atoms with E-state index in [1.807, 2.05) is 4.90 Å². The van der Waals surface area contributed by atoms with Crippen molar-refractivity contribution in [2.75, 3.05) is 26.7 Å². The molecule has 2 N–H and O–H groups in total. The van der Waals surface area contributed by atoms with Crippen molar-refractivity contribution < 1.29 is 19.4 Å². The molecule has 1 unspecified atom stereocenters. The third kappa shape index (κ3) is 5.84. The van der Waals surface area contributed by atoms with Crippen LogP contribution in [0, 0.1) is 0 Å². The zero-order chi connectivity index (χ0) is 25.5. The van der Waals surface area contributed by atoms with Crippen molar-refractivity contribution in [1.29, 1.82) is 0 Å². The van der Waals surface area contributed by atoms with Gasteiger partial charge in [-0.05, 0) is 49.1 Å². The molecular formula is C27H32N4O5. The van der Waals surface area contributed by atoms with Gasteiger partial charge >= 0.3 is 0 Å². The molecule has 0 bridgehead atoms. The zero-order valence-corrected chi connectivity index (χ0v) is 20.5. The standard InChI is InChI=1S/C27H32N4O5/c1-36-20-12-10-19(11-13-20)21(25-26(34)29-22-8-4-6-17-31(22)27(25)35)18-23(32)28-14-7-16-30-15-5-2-3-9-24(30)33/h4,6,8,10-13,17,21,34H,2-3,5,7,9,14-16,18H2,1H3,(H,28,32). The predicted octanol–water partition coefficient (Wildman–Crippen LogP) is 2.84. The molecule has 1 aromatic carbocycles. The number of methoxy groups -OCH3 is 1. The van der Waals surface area contributed by atoms with Gasteiger partial charge in [-0.2, -0.15) is 4.98 Å². The Kier molecular flexibility index (Phi) is 8.20. The molecule has 3 heterocycles. The molecule has 190 valence electrons. The summed E-state index contributed by atoms with van der Waals surface area (Å²) < 4.78 is 6.60. The summed E-state index contributed by atoms with van der Waals surface area (Å²) in [5.74, 6) is -0.532. The number of nitrogens with one attached hydrogen (secondary N) is 1. The second kappa shape index (κ2) is 11.7. The van der Waals surface area contributed by atoms with Crippen molar-refractivity contribution in [3.63, 3.8) is 0 Å². The van der Waals surface area contributed by atoms with E-state index in [4.69, 9.17) is 4.74 Å². The Labute approximate surface area is 209 Å². The lowest BCUT2D eigenvalue weighted by Crippen LogP contribution is -2.34. The van der Waals surface area contributed by atoms with Crippen LogP contribution in [0.4, 0.5) is 0 Å². The van der Waals surface area contributed by atoms with Crippen molar-refractivity contribution >= 4 is 17.5 Å². The number of aromatic nitrogens is 2. The number of hydrogen-bond acceptors (Lipinski definition) is 6. The first kappa shape index (κ1) is 25.2. The molecular weight excluding hydrogens is 460 g/mol. The van der Waals surface area contributed by atoms with Gasteiger partial charge in [0.2, 0.25) is 17.7 Å². The molecule has 4 rings (SSSR count). The van der Waals surface area contributed by atoms with Crippen molar-refractivity contribution in [1.82, 2.24) is 19.6 Å². The molecule has 0 aliphatic carbocycles. The Morgan fingerprint density at radius 1 is 1.14 bits per heavy atom. The van der Waals surface area contributed by atoms with Crippen LogP contribution >= 0.6 is 0 Å². The van der Waals surface area contributed by atoms with Gasteiger partial charge in [-0.15, -0.1) is 0 Å². The van der Waals surface area contributed by atoms with Gasteiger partial charge in [0.15, 0.2) is 0 Å². The van der Waals surface area contributed by atoms with Gasteiger partial charge in [-0.25, -0.2) is 0 Å². The molecule has 1 aliphatic rings. The van der Waals surface area contributed by atoms with E-state index in [0.717, 1.165) is 25.8 Å². The van der Waals surface area contributed by atoms with Gasteiger partial charge in [0.1, 0.15) is 11.4 Å². The quantitative estimate of drug-likeness (QED) is 0.444. The van der Waals surface area contributed by atoms with Crippen LogP contribution in [0.2, 0.25) is 0 Å². The van der Waals surface area contributed by atoms with Crippen LogP contribution in [0.5, 0.6) is 11.6 Å². The molecule has 0 radical (unpaired) electrons. The average Bonchev–Trinajstić information content (AvgIpc) is 3.09. The van der Waals surface area contributed by atoms with Crippen LogP contribution < -0.4 is 15.6 Å². The van der Waals surface area contributed by atoms with Gasteiger partial charge < -0.3 is 20.1 Å². The van der Waals surface area contributed by atoms with Crippen molar-refractivity contribution in [3.8, 4) is 11.6 Å². The lowest BCUT2D eigenvalue weighted by Gasteiger charge is -2.21. The van der Waals surface area contributed by atoms with E-state index in [1.54, 1.807) is 55.8 Å². The van der Waals surface area contributed by atoms with E-state index in [1.165, 1.54) is 4.40 Å². The van der Waals surface area contributed by atoms with Crippen molar-refractivity contribution in [3.05, 3.63) is 70.1 Å². The maximum atomic E-state index is 13.3. The van der Waals surface area contributed by atoms with E-state index in [-0.39, 0.29) is 29.7 Å². The average molecular weight is 493 g/mol. The number of rotatable bonds is 9. The Hall–Kier alpha value is -3.88. The fourth-order valence-corrected chi connectivity index (χ4v) is 4.65. The Bertz CT molecular complexity index is 1270. The third-order valence-electron chi connectivity index (χ3n) is 6.60. The van der Waals surface area contributed by atoms with Gasteiger partial charge in [-0.3, -0.25) is 18.8 Å². The normalized spacial score (nSPS) is 14.9. The minimum atomic E-state index is -0.708. The Balaban J connectivity index is 1.51. The van der Waals surface area contributed by atoms with Crippen molar-refractivity contribution in [2.45, 2.75) is 44.4 Å². The number of pyridine rings is 1. The Morgan fingerprint density at radius 2 is 1.94 bits per heavy atom. The van der Waals surface area contributed by atoms with Crippen LogP contribution in [0.15, 0.2) is 53.5 Å². The number of carbonyl (C=O) groups excluding carboxylic acids is 2. The fraction of sp³-hybridized carbons (Fsp3) is 0.407. The van der Waals surface area contributed by atoms with Crippen molar-refractivity contribution in [2.24, 2.45) is 0 Å². The number of carbonyl (C=O) groups is 2. The smallest absolute Gasteiger partial charge is 0.265 e. The lowest BCUT2D eigenvalue weighted by molar-refractivity contribution is -0.130. The number of fused-ring (bicyclic) bond motifs is 1. The molecule has 1 aliphatic heterocycles. The first-order valence-corrected chi connectivity index (χ1v) is 12.4. The number of ether oxygens (including phenoxy) is 1. The molecule has 3 aromatic rings. The summed E-state index contributed by atoms with van der Waals surface area (Å²) in [6.07, 6.45) is 5.81. The SMILES string of the molecule is COc1ccc(C(CC(=O)NCCCN2CCCCCC2=O)c2c(O)nc3ccccn3c2=O)cc1. The molecule has 2 aromatic heterocycles. The van der Waals surface area contributed by atoms with E-state index < -0.39 is 11.5 Å². The van der Waals surface area contributed by atoms with E-state index in [2.05, 4.69) is 10.3 Å². The summed E-state index contributed by atoms with van der Waals surface area (Å²) in [7, 11) is 1.56. The maximum absolute atomic E-state index is 13.3. The molecule has 1 saturated heterocycles. The van der Waals surface area contributed by atoms with E-state index >= 15 is 0 Å². The summed E-state index contributed by atoms with van der Waals surface area (Å²) in [6, 6.07) is 12.1. The van der Waals surface area contributed by atoms with E-state index in [9.17, 15) is 19.5 Å². The molecule has 0 saturated carbocycles. The molecule has 36 heavy (non-hydrogen) atoms. The molecule has 1 atom stereocenters.